The van der Waals surface area contributed by atoms with Crippen molar-refractivity contribution in [2.24, 2.45) is 16.7 Å². The molecule has 2 aliphatic heterocycles. The molecule has 2 saturated carbocycles. The van der Waals surface area contributed by atoms with Gasteiger partial charge >= 0.3 is 0 Å². The standard InChI is InChI=1S/C26H40N2O4/c1-25(2)20-6-8-26(25,3)24(15-20)30-13-7-21(29)17-28-11-9-27(10-12-28)16-19-4-5-22-23(14-19)32-18-31-22/h4-5,14,20-21,24,29H,6-13,15-18H2,1-3H3/t20-,21-,24-,26-/m0/s1. The molecule has 1 aromatic carbocycles. The Labute approximate surface area is 192 Å². The van der Waals surface area contributed by atoms with Crippen LogP contribution in [0.5, 0.6) is 11.5 Å². The van der Waals surface area contributed by atoms with Gasteiger partial charge in [0.25, 0.3) is 0 Å². The molecule has 32 heavy (non-hydrogen) atoms. The summed E-state index contributed by atoms with van der Waals surface area (Å²) >= 11 is 0. The Bertz CT molecular complexity index is 807. The van der Waals surface area contributed by atoms with E-state index >= 15 is 0 Å². The van der Waals surface area contributed by atoms with Gasteiger partial charge in [-0.15, -0.1) is 0 Å². The first-order chi connectivity index (χ1) is 15.3. The molecular weight excluding hydrogens is 404 g/mol. The van der Waals surface area contributed by atoms with Gasteiger partial charge in [-0.3, -0.25) is 9.80 Å². The molecule has 0 radical (unpaired) electrons. The second-order valence-electron chi connectivity index (χ2n) is 11.2. The van der Waals surface area contributed by atoms with Crippen molar-refractivity contribution >= 4 is 0 Å². The Morgan fingerprint density at radius 3 is 2.56 bits per heavy atom. The van der Waals surface area contributed by atoms with Crippen molar-refractivity contribution in [1.82, 2.24) is 9.80 Å². The largest absolute Gasteiger partial charge is 0.454 e. The fourth-order valence-corrected chi connectivity index (χ4v) is 6.55. The number of fused-ring (bicyclic) bond motifs is 3. The Balaban J connectivity index is 1.01. The first-order valence-corrected chi connectivity index (χ1v) is 12.5. The van der Waals surface area contributed by atoms with E-state index in [2.05, 4.69) is 42.7 Å². The van der Waals surface area contributed by atoms with Crippen LogP contribution >= 0.6 is 0 Å². The maximum atomic E-state index is 10.6. The third-order valence-electron chi connectivity index (χ3n) is 9.26. The minimum Gasteiger partial charge on any atom is -0.454 e. The van der Waals surface area contributed by atoms with Gasteiger partial charge in [0.15, 0.2) is 11.5 Å². The fourth-order valence-electron chi connectivity index (χ4n) is 6.55. The van der Waals surface area contributed by atoms with Crippen molar-refractivity contribution in [2.45, 2.75) is 65.2 Å². The maximum Gasteiger partial charge on any atom is 0.231 e. The van der Waals surface area contributed by atoms with Crippen LogP contribution in [0.3, 0.4) is 0 Å². The van der Waals surface area contributed by atoms with E-state index in [0.29, 0.717) is 30.3 Å². The number of aliphatic hydroxyl groups is 1. The average molecular weight is 445 g/mol. The number of nitrogens with zero attached hydrogens (tertiary/aromatic N) is 2. The van der Waals surface area contributed by atoms with Gasteiger partial charge in [-0.25, -0.2) is 0 Å². The van der Waals surface area contributed by atoms with Crippen molar-refractivity contribution in [3.05, 3.63) is 23.8 Å². The van der Waals surface area contributed by atoms with Crippen molar-refractivity contribution in [1.29, 1.82) is 0 Å². The van der Waals surface area contributed by atoms with E-state index in [1.54, 1.807) is 0 Å². The Morgan fingerprint density at radius 1 is 1.09 bits per heavy atom. The first kappa shape index (κ1) is 22.5. The van der Waals surface area contributed by atoms with Gasteiger partial charge < -0.3 is 19.3 Å². The van der Waals surface area contributed by atoms with Crippen LogP contribution in [0.15, 0.2) is 18.2 Å². The molecule has 1 saturated heterocycles. The van der Waals surface area contributed by atoms with Crippen molar-refractivity contribution in [3.63, 3.8) is 0 Å². The molecule has 0 spiro atoms. The van der Waals surface area contributed by atoms with Gasteiger partial charge in [0.1, 0.15) is 0 Å². The third kappa shape index (κ3) is 4.15. The van der Waals surface area contributed by atoms with E-state index in [-0.39, 0.29) is 6.10 Å². The summed E-state index contributed by atoms with van der Waals surface area (Å²) in [6.07, 6.45) is 4.62. The molecule has 4 aliphatic rings. The summed E-state index contributed by atoms with van der Waals surface area (Å²) in [5, 5.41) is 10.6. The van der Waals surface area contributed by atoms with E-state index in [1.165, 1.54) is 24.8 Å². The molecule has 3 fully saturated rings. The molecule has 5 rings (SSSR count). The molecule has 6 nitrogen and oxygen atoms in total. The molecule has 1 N–H and O–H groups in total. The summed E-state index contributed by atoms with van der Waals surface area (Å²) in [5.74, 6) is 2.50. The maximum absolute atomic E-state index is 10.6. The Hall–Kier alpha value is -1.34. The molecule has 178 valence electrons. The van der Waals surface area contributed by atoms with Crippen molar-refractivity contribution in [3.8, 4) is 11.5 Å². The number of piperazine rings is 1. The molecule has 2 bridgehead atoms. The molecule has 2 heterocycles. The van der Waals surface area contributed by atoms with E-state index in [1.807, 2.05) is 6.07 Å². The molecule has 6 heteroatoms. The van der Waals surface area contributed by atoms with Crippen molar-refractivity contribution in [2.75, 3.05) is 46.1 Å². The zero-order valence-corrected chi connectivity index (χ0v) is 20.0. The van der Waals surface area contributed by atoms with Gasteiger partial charge in [0.2, 0.25) is 6.79 Å². The number of hydrogen-bond donors (Lipinski definition) is 1. The summed E-state index contributed by atoms with van der Waals surface area (Å²) in [7, 11) is 0. The summed E-state index contributed by atoms with van der Waals surface area (Å²) in [6.45, 7) is 14.0. The topological polar surface area (TPSA) is 54.4 Å². The highest BCUT2D eigenvalue weighted by Crippen LogP contribution is 2.66. The zero-order chi connectivity index (χ0) is 22.3. The lowest BCUT2D eigenvalue weighted by atomic mass is 9.70. The van der Waals surface area contributed by atoms with Gasteiger partial charge in [-0.1, -0.05) is 26.8 Å². The van der Waals surface area contributed by atoms with E-state index in [0.717, 1.165) is 63.1 Å². The molecule has 0 unspecified atom stereocenters. The smallest absolute Gasteiger partial charge is 0.231 e. The lowest BCUT2D eigenvalue weighted by Gasteiger charge is -2.39. The summed E-state index contributed by atoms with van der Waals surface area (Å²) in [4.78, 5) is 4.86. The summed E-state index contributed by atoms with van der Waals surface area (Å²) < 4.78 is 17.2. The Morgan fingerprint density at radius 2 is 1.84 bits per heavy atom. The fraction of sp³-hybridized carbons (Fsp3) is 0.769. The van der Waals surface area contributed by atoms with Crippen LogP contribution in [0.2, 0.25) is 0 Å². The van der Waals surface area contributed by atoms with Crippen LogP contribution in [0.1, 0.15) is 52.0 Å². The predicted molar refractivity (Wildman–Crippen MR) is 124 cm³/mol. The quantitative estimate of drug-likeness (QED) is 0.662. The van der Waals surface area contributed by atoms with E-state index in [9.17, 15) is 5.11 Å². The summed E-state index contributed by atoms with van der Waals surface area (Å²) in [6, 6.07) is 6.22. The highest BCUT2D eigenvalue weighted by molar-refractivity contribution is 5.44. The Kier molecular flexibility index (Phi) is 6.16. The molecule has 0 aromatic heterocycles. The third-order valence-corrected chi connectivity index (χ3v) is 9.26. The molecule has 1 aromatic rings. The number of ether oxygens (including phenoxy) is 3. The number of hydrogen-bond acceptors (Lipinski definition) is 6. The molecular formula is C26H40N2O4. The number of aliphatic hydroxyl groups excluding tert-OH is 1. The molecule has 4 atom stereocenters. The molecule has 2 aliphatic carbocycles. The van der Waals surface area contributed by atoms with Gasteiger partial charge in [0.05, 0.1) is 12.2 Å². The number of β-amino-alcohol motifs (C(OH)–C–C–N with tert-alkyl or cyclic N) is 1. The first-order valence-electron chi connectivity index (χ1n) is 12.5. The highest BCUT2D eigenvalue weighted by atomic mass is 16.7. The lowest BCUT2D eigenvalue weighted by molar-refractivity contribution is -0.0570. The minimum absolute atomic E-state index is 0.303. The van der Waals surface area contributed by atoms with Crippen LogP contribution < -0.4 is 9.47 Å². The normalized spacial score (nSPS) is 32.5. The van der Waals surface area contributed by atoms with Crippen LogP contribution in [0, 0.1) is 16.7 Å². The average Bonchev–Trinajstić information content (AvgIpc) is 3.37. The monoisotopic (exact) mass is 444 g/mol. The SMILES string of the molecule is CC1(C)[C@H]2CC[C@@]1(C)[C@@H](OCC[C@H](O)CN1CCN(Cc3ccc4c(c3)OCO4)CC1)C2. The highest BCUT2D eigenvalue weighted by Gasteiger charge is 2.61. The van der Waals surface area contributed by atoms with Crippen LogP contribution in [-0.4, -0.2) is 73.2 Å². The van der Waals surface area contributed by atoms with E-state index in [4.69, 9.17) is 14.2 Å². The van der Waals surface area contributed by atoms with Crippen molar-refractivity contribution < 1.29 is 19.3 Å². The van der Waals surface area contributed by atoms with Gasteiger partial charge in [0, 0.05) is 45.9 Å². The minimum atomic E-state index is -0.310. The second kappa shape index (κ2) is 8.79. The lowest BCUT2D eigenvalue weighted by Crippen LogP contribution is -2.48. The number of benzene rings is 1. The van der Waals surface area contributed by atoms with Crippen LogP contribution in [0.4, 0.5) is 0 Å². The zero-order valence-electron chi connectivity index (χ0n) is 20.0. The summed E-state index contributed by atoms with van der Waals surface area (Å²) in [5.41, 5.74) is 1.95. The second-order valence-corrected chi connectivity index (χ2v) is 11.2. The van der Waals surface area contributed by atoms with Gasteiger partial charge in [-0.2, -0.15) is 0 Å². The number of rotatable bonds is 8. The molecule has 0 amide bonds. The van der Waals surface area contributed by atoms with Crippen LogP contribution in [0.25, 0.3) is 0 Å². The van der Waals surface area contributed by atoms with Crippen LogP contribution in [-0.2, 0) is 11.3 Å². The van der Waals surface area contributed by atoms with E-state index < -0.39 is 0 Å². The van der Waals surface area contributed by atoms with Gasteiger partial charge in [-0.05, 0) is 60.1 Å². The predicted octanol–water partition coefficient (Wildman–Crippen LogP) is 3.52.